The zero-order valence-electron chi connectivity index (χ0n) is 14.9. The zero-order valence-corrected chi connectivity index (χ0v) is 14.9. The molecule has 3 heterocycles. The van der Waals surface area contributed by atoms with Gasteiger partial charge in [0.1, 0.15) is 5.82 Å². The van der Waals surface area contributed by atoms with E-state index in [0.717, 1.165) is 36.5 Å². The Hall–Kier alpha value is -2.76. The molecule has 4 rings (SSSR count). The topological polar surface area (TPSA) is 66.4 Å². The van der Waals surface area contributed by atoms with E-state index in [4.69, 9.17) is 4.98 Å². The lowest BCUT2D eigenvalue weighted by atomic mass is 10.0. The van der Waals surface area contributed by atoms with E-state index >= 15 is 0 Å². The standard InChI is InChI=1S/C20H22N4O2/c1-14(25)23-9-7-16(12-23)19-21-11-17-13-24(10-8-18(17)22-19)20(26)15-5-3-2-4-6-15/h2-6,11,16H,7-10,12-13H2,1H3/t16-/m0/s1. The van der Waals surface area contributed by atoms with Crippen molar-refractivity contribution < 1.29 is 9.59 Å². The van der Waals surface area contributed by atoms with Crippen LogP contribution >= 0.6 is 0 Å². The molecule has 134 valence electrons. The van der Waals surface area contributed by atoms with Crippen LogP contribution in [0, 0.1) is 0 Å². The average Bonchev–Trinajstić information content (AvgIpc) is 3.18. The molecular weight excluding hydrogens is 328 g/mol. The van der Waals surface area contributed by atoms with Crippen molar-refractivity contribution in [1.82, 2.24) is 19.8 Å². The molecule has 0 radical (unpaired) electrons. The second-order valence-electron chi connectivity index (χ2n) is 6.99. The van der Waals surface area contributed by atoms with Crippen molar-refractivity contribution in [2.45, 2.75) is 32.2 Å². The molecule has 2 aromatic rings. The molecule has 1 atom stereocenters. The highest BCUT2D eigenvalue weighted by Gasteiger charge is 2.29. The molecule has 0 unspecified atom stereocenters. The normalized spacial score (nSPS) is 19.3. The summed E-state index contributed by atoms with van der Waals surface area (Å²) in [5.41, 5.74) is 2.77. The van der Waals surface area contributed by atoms with Gasteiger partial charge in [-0.05, 0) is 18.6 Å². The molecule has 1 aromatic heterocycles. The fraction of sp³-hybridized carbons (Fsp3) is 0.400. The summed E-state index contributed by atoms with van der Waals surface area (Å²) in [5, 5.41) is 0. The van der Waals surface area contributed by atoms with Gasteiger partial charge in [-0.2, -0.15) is 0 Å². The number of amides is 2. The van der Waals surface area contributed by atoms with E-state index in [1.165, 1.54) is 0 Å². The number of carbonyl (C=O) groups excluding carboxylic acids is 2. The first kappa shape index (κ1) is 16.7. The molecule has 0 bridgehead atoms. The number of likely N-dealkylation sites (tertiary alicyclic amines) is 1. The van der Waals surface area contributed by atoms with Crippen molar-refractivity contribution in [3.8, 4) is 0 Å². The van der Waals surface area contributed by atoms with Crippen molar-refractivity contribution in [2.75, 3.05) is 19.6 Å². The maximum Gasteiger partial charge on any atom is 0.254 e. The van der Waals surface area contributed by atoms with Gasteiger partial charge in [-0.3, -0.25) is 9.59 Å². The van der Waals surface area contributed by atoms with E-state index in [2.05, 4.69) is 4.98 Å². The highest BCUT2D eigenvalue weighted by molar-refractivity contribution is 5.94. The van der Waals surface area contributed by atoms with Crippen LogP contribution in [0.3, 0.4) is 0 Å². The number of rotatable bonds is 2. The van der Waals surface area contributed by atoms with Crippen LogP contribution < -0.4 is 0 Å². The van der Waals surface area contributed by atoms with E-state index in [0.29, 0.717) is 25.2 Å². The molecule has 2 amide bonds. The molecule has 26 heavy (non-hydrogen) atoms. The third-order valence-electron chi connectivity index (χ3n) is 5.26. The SMILES string of the molecule is CC(=O)N1CC[C@H](c2ncc3c(n2)CCN(C(=O)c2ccccc2)C3)C1. The Balaban J connectivity index is 1.48. The van der Waals surface area contributed by atoms with E-state index in [9.17, 15) is 9.59 Å². The second kappa shape index (κ2) is 6.86. The largest absolute Gasteiger partial charge is 0.342 e. The van der Waals surface area contributed by atoms with Gasteiger partial charge in [0.05, 0.1) is 5.69 Å². The summed E-state index contributed by atoms with van der Waals surface area (Å²) in [4.78, 5) is 37.2. The molecule has 0 N–H and O–H groups in total. The minimum absolute atomic E-state index is 0.0493. The van der Waals surface area contributed by atoms with Crippen LogP contribution in [0.25, 0.3) is 0 Å². The second-order valence-corrected chi connectivity index (χ2v) is 6.99. The van der Waals surface area contributed by atoms with Gasteiger partial charge in [0.2, 0.25) is 5.91 Å². The van der Waals surface area contributed by atoms with Gasteiger partial charge in [0.15, 0.2) is 0 Å². The Morgan fingerprint density at radius 2 is 1.92 bits per heavy atom. The molecule has 0 spiro atoms. The summed E-state index contributed by atoms with van der Waals surface area (Å²) in [7, 11) is 0. The lowest BCUT2D eigenvalue weighted by Gasteiger charge is -2.28. The maximum absolute atomic E-state index is 12.6. The highest BCUT2D eigenvalue weighted by atomic mass is 16.2. The van der Waals surface area contributed by atoms with E-state index in [1.54, 1.807) is 6.92 Å². The Morgan fingerprint density at radius 3 is 2.65 bits per heavy atom. The molecule has 2 aliphatic rings. The molecule has 2 aliphatic heterocycles. The molecule has 1 saturated heterocycles. The minimum Gasteiger partial charge on any atom is -0.342 e. The molecule has 1 fully saturated rings. The molecule has 0 saturated carbocycles. The maximum atomic E-state index is 12.6. The van der Waals surface area contributed by atoms with Gasteiger partial charge < -0.3 is 9.80 Å². The van der Waals surface area contributed by atoms with Crippen LogP contribution in [-0.4, -0.2) is 51.2 Å². The van der Waals surface area contributed by atoms with Crippen LogP contribution in [0.5, 0.6) is 0 Å². The van der Waals surface area contributed by atoms with Crippen LogP contribution in [-0.2, 0) is 17.8 Å². The van der Waals surface area contributed by atoms with E-state index in [1.807, 2.05) is 46.3 Å². The monoisotopic (exact) mass is 350 g/mol. The highest BCUT2D eigenvalue weighted by Crippen LogP contribution is 2.26. The first-order valence-electron chi connectivity index (χ1n) is 9.06. The lowest BCUT2D eigenvalue weighted by Crippen LogP contribution is -2.36. The fourth-order valence-electron chi connectivity index (χ4n) is 3.72. The Labute approximate surface area is 152 Å². The molecular formula is C20H22N4O2. The minimum atomic E-state index is 0.0493. The van der Waals surface area contributed by atoms with Crippen molar-refractivity contribution >= 4 is 11.8 Å². The Morgan fingerprint density at radius 1 is 1.12 bits per heavy atom. The average molecular weight is 350 g/mol. The number of nitrogens with zero attached hydrogens (tertiary/aromatic N) is 4. The first-order chi connectivity index (χ1) is 12.6. The summed E-state index contributed by atoms with van der Waals surface area (Å²) in [5.74, 6) is 1.21. The summed E-state index contributed by atoms with van der Waals surface area (Å²) < 4.78 is 0. The van der Waals surface area contributed by atoms with Gasteiger partial charge in [-0.1, -0.05) is 18.2 Å². The fourth-order valence-corrected chi connectivity index (χ4v) is 3.72. The first-order valence-corrected chi connectivity index (χ1v) is 9.06. The Bertz CT molecular complexity index is 837. The number of hydrogen-bond donors (Lipinski definition) is 0. The van der Waals surface area contributed by atoms with Crippen molar-refractivity contribution in [3.05, 3.63) is 59.2 Å². The molecule has 6 nitrogen and oxygen atoms in total. The number of hydrogen-bond acceptors (Lipinski definition) is 4. The number of carbonyl (C=O) groups is 2. The summed E-state index contributed by atoms with van der Waals surface area (Å²) in [6.07, 6.45) is 3.52. The lowest BCUT2D eigenvalue weighted by molar-refractivity contribution is -0.127. The summed E-state index contributed by atoms with van der Waals surface area (Å²) in [6.45, 7) is 4.30. The summed E-state index contributed by atoms with van der Waals surface area (Å²) in [6, 6.07) is 9.36. The van der Waals surface area contributed by atoms with Gasteiger partial charge >= 0.3 is 0 Å². The predicted octanol–water partition coefficient (Wildman–Crippen LogP) is 2.01. The molecule has 6 heteroatoms. The summed E-state index contributed by atoms with van der Waals surface area (Å²) >= 11 is 0. The van der Waals surface area contributed by atoms with Gasteiger partial charge in [-0.15, -0.1) is 0 Å². The van der Waals surface area contributed by atoms with Gasteiger partial charge in [-0.25, -0.2) is 9.97 Å². The zero-order chi connectivity index (χ0) is 18.1. The molecule has 0 aliphatic carbocycles. The Kier molecular flexibility index (Phi) is 4.41. The number of aromatic nitrogens is 2. The predicted molar refractivity (Wildman–Crippen MR) is 96.5 cm³/mol. The molecule has 1 aromatic carbocycles. The van der Waals surface area contributed by atoms with E-state index < -0.39 is 0 Å². The van der Waals surface area contributed by atoms with Crippen LogP contribution in [0.2, 0.25) is 0 Å². The van der Waals surface area contributed by atoms with Crippen molar-refractivity contribution in [3.63, 3.8) is 0 Å². The number of fused-ring (bicyclic) bond motifs is 1. The number of benzene rings is 1. The van der Waals surface area contributed by atoms with Crippen LogP contribution in [0.1, 0.15) is 46.7 Å². The van der Waals surface area contributed by atoms with Crippen molar-refractivity contribution in [1.29, 1.82) is 0 Å². The third-order valence-corrected chi connectivity index (χ3v) is 5.26. The van der Waals surface area contributed by atoms with Gasteiger partial charge in [0.25, 0.3) is 5.91 Å². The van der Waals surface area contributed by atoms with E-state index in [-0.39, 0.29) is 17.7 Å². The third kappa shape index (κ3) is 3.19. The van der Waals surface area contributed by atoms with Crippen molar-refractivity contribution in [2.24, 2.45) is 0 Å². The van der Waals surface area contributed by atoms with Gasteiger partial charge in [0, 0.05) is 62.8 Å². The quantitative estimate of drug-likeness (QED) is 0.831. The van der Waals surface area contributed by atoms with Crippen LogP contribution in [0.15, 0.2) is 36.5 Å². The smallest absolute Gasteiger partial charge is 0.254 e. The van der Waals surface area contributed by atoms with Crippen LogP contribution in [0.4, 0.5) is 0 Å².